The van der Waals surface area contributed by atoms with Crippen molar-refractivity contribution >= 4 is 29.9 Å². The van der Waals surface area contributed by atoms with E-state index in [0.717, 1.165) is 36.3 Å². The van der Waals surface area contributed by atoms with Gasteiger partial charge < -0.3 is 10.6 Å². The van der Waals surface area contributed by atoms with Gasteiger partial charge in [0.05, 0.1) is 6.54 Å². The van der Waals surface area contributed by atoms with Gasteiger partial charge in [0.25, 0.3) is 0 Å². The van der Waals surface area contributed by atoms with Crippen LogP contribution in [-0.4, -0.2) is 57.1 Å². The Balaban J connectivity index is 0.00000320. The van der Waals surface area contributed by atoms with Crippen molar-refractivity contribution in [2.75, 3.05) is 26.2 Å². The number of rotatable bonds is 7. The van der Waals surface area contributed by atoms with Crippen LogP contribution in [0.2, 0.25) is 0 Å². The van der Waals surface area contributed by atoms with Crippen LogP contribution in [0.3, 0.4) is 0 Å². The molecule has 0 amide bonds. The summed E-state index contributed by atoms with van der Waals surface area (Å²) in [7, 11) is 0. The van der Waals surface area contributed by atoms with Crippen LogP contribution in [0, 0.1) is 6.92 Å². The molecule has 0 bridgehead atoms. The van der Waals surface area contributed by atoms with Crippen LogP contribution in [0.25, 0.3) is 5.82 Å². The number of aryl methyl sites for hydroxylation is 1. The molecule has 0 unspecified atom stereocenters. The third kappa shape index (κ3) is 6.66. The Morgan fingerprint density at radius 3 is 2.50 bits per heavy atom. The Morgan fingerprint density at radius 1 is 1.13 bits per heavy atom. The first-order chi connectivity index (χ1) is 14.0. The van der Waals surface area contributed by atoms with Gasteiger partial charge in [-0.25, -0.2) is 15.0 Å². The highest BCUT2D eigenvalue weighted by Crippen LogP contribution is 2.19. The molecule has 0 aliphatic carbocycles. The zero-order chi connectivity index (χ0) is 20.7. The van der Waals surface area contributed by atoms with Gasteiger partial charge in [-0.2, -0.15) is 0 Å². The van der Waals surface area contributed by atoms with E-state index in [4.69, 9.17) is 4.99 Å². The molecule has 2 aromatic heterocycles. The van der Waals surface area contributed by atoms with Crippen LogP contribution in [0.1, 0.15) is 51.4 Å². The second-order valence-corrected chi connectivity index (χ2v) is 8.28. The number of pyridine rings is 1. The minimum absolute atomic E-state index is 0. The minimum atomic E-state index is 0. The van der Waals surface area contributed by atoms with Crippen molar-refractivity contribution in [2.24, 2.45) is 4.99 Å². The summed E-state index contributed by atoms with van der Waals surface area (Å²) in [6.45, 7) is 13.4. The summed E-state index contributed by atoms with van der Waals surface area (Å²) >= 11 is 0. The van der Waals surface area contributed by atoms with Crippen LogP contribution < -0.4 is 10.6 Å². The molecule has 1 aliphatic heterocycles. The largest absolute Gasteiger partial charge is 0.357 e. The van der Waals surface area contributed by atoms with E-state index < -0.39 is 0 Å². The van der Waals surface area contributed by atoms with Crippen LogP contribution in [0.15, 0.2) is 35.7 Å². The van der Waals surface area contributed by atoms with Crippen molar-refractivity contribution in [3.8, 4) is 5.82 Å². The molecule has 166 valence electrons. The molecule has 7 nitrogen and oxygen atoms in total. The number of nitrogens with zero attached hydrogens (tertiary/aromatic N) is 5. The van der Waals surface area contributed by atoms with Gasteiger partial charge in [-0.3, -0.25) is 9.47 Å². The van der Waals surface area contributed by atoms with Crippen molar-refractivity contribution in [1.29, 1.82) is 0 Å². The molecular weight excluding hydrogens is 489 g/mol. The summed E-state index contributed by atoms with van der Waals surface area (Å²) in [5.41, 5.74) is 1.20. The zero-order valence-corrected chi connectivity index (χ0v) is 21.0. The number of halogens is 1. The van der Waals surface area contributed by atoms with Gasteiger partial charge in [-0.1, -0.05) is 12.5 Å². The predicted molar refractivity (Wildman–Crippen MR) is 134 cm³/mol. The predicted octanol–water partition coefficient (Wildman–Crippen LogP) is 3.51. The van der Waals surface area contributed by atoms with Crippen LogP contribution in [-0.2, 0) is 6.54 Å². The number of aromatic nitrogens is 3. The highest BCUT2D eigenvalue weighted by molar-refractivity contribution is 14.0. The van der Waals surface area contributed by atoms with Gasteiger partial charge in [0.15, 0.2) is 5.96 Å². The average molecular weight is 525 g/mol. The monoisotopic (exact) mass is 525 g/mol. The smallest absolute Gasteiger partial charge is 0.191 e. The van der Waals surface area contributed by atoms with Gasteiger partial charge in [-0.15, -0.1) is 24.0 Å². The topological polar surface area (TPSA) is 70.4 Å². The highest BCUT2D eigenvalue weighted by atomic mass is 127. The molecule has 1 fully saturated rings. The van der Waals surface area contributed by atoms with Crippen molar-refractivity contribution in [2.45, 2.75) is 59.0 Å². The number of aliphatic imine (C=N–C) groups is 1. The van der Waals surface area contributed by atoms with Gasteiger partial charge in [-0.05, 0) is 65.3 Å². The van der Waals surface area contributed by atoms with E-state index in [1.165, 1.54) is 32.4 Å². The van der Waals surface area contributed by atoms with Crippen molar-refractivity contribution in [3.05, 3.63) is 42.1 Å². The number of nitrogens with one attached hydrogen (secondary N) is 2. The fourth-order valence-corrected chi connectivity index (χ4v) is 3.70. The fraction of sp³-hybridized carbons (Fsp3) is 0.591. The van der Waals surface area contributed by atoms with E-state index in [1.54, 1.807) is 6.20 Å². The Labute approximate surface area is 197 Å². The SMILES string of the molecule is CCNC(=NCc1ccc(-n2ccnc2C)nc1)NCC(C)(C)N1CCCCC1.I. The molecule has 0 aromatic carbocycles. The van der Waals surface area contributed by atoms with Crippen LogP contribution in [0.5, 0.6) is 0 Å². The van der Waals surface area contributed by atoms with E-state index in [1.807, 2.05) is 30.0 Å². The second kappa shape index (κ2) is 11.6. The number of hydrogen-bond acceptors (Lipinski definition) is 4. The molecule has 8 heteroatoms. The molecule has 3 rings (SSSR count). The lowest BCUT2D eigenvalue weighted by molar-refractivity contribution is 0.0982. The third-order valence-corrected chi connectivity index (χ3v) is 5.55. The normalized spacial score (nSPS) is 15.5. The first-order valence-electron chi connectivity index (χ1n) is 10.7. The van der Waals surface area contributed by atoms with E-state index in [0.29, 0.717) is 6.54 Å². The number of likely N-dealkylation sites (tertiary alicyclic amines) is 1. The maximum atomic E-state index is 4.76. The Hall–Kier alpha value is -1.68. The molecule has 0 saturated carbocycles. The third-order valence-electron chi connectivity index (χ3n) is 5.55. The molecular formula is C22H36IN7. The lowest BCUT2D eigenvalue weighted by Crippen LogP contribution is -2.54. The van der Waals surface area contributed by atoms with Crippen molar-refractivity contribution in [1.82, 2.24) is 30.1 Å². The number of piperidine rings is 1. The molecule has 0 spiro atoms. The summed E-state index contributed by atoms with van der Waals surface area (Å²) in [6.07, 6.45) is 9.57. The van der Waals surface area contributed by atoms with E-state index >= 15 is 0 Å². The molecule has 0 radical (unpaired) electrons. The lowest BCUT2D eigenvalue weighted by atomic mass is 9.98. The van der Waals surface area contributed by atoms with Gasteiger partial charge in [0.1, 0.15) is 11.6 Å². The van der Waals surface area contributed by atoms with Gasteiger partial charge >= 0.3 is 0 Å². The summed E-state index contributed by atoms with van der Waals surface area (Å²) in [5.74, 6) is 2.66. The van der Waals surface area contributed by atoms with Crippen molar-refractivity contribution < 1.29 is 0 Å². The van der Waals surface area contributed by atoms with Crippen molar-refractivity contribution in [3.63, 3.8) is 0 Å². The van der Waals surface area contributed by atoms with Crippen LogP contribution in [0.4, 0.5) is 0 Å². The summed E-state index contributed by atoms with van der Waals surface area (Å²) in [6, 6.07) is 4.09. The molecule has 2 aromatic rings. The minimum Gasteiger partial charge on any atom is -0.357 e. The van der Waals surface area contributed by atoms with Crippen LogP contribution >= 0.6 is 24.0 Å². The lowest BCUT2D eigenvalue weighted by Gasteiger charge is -2.41. The highest BCUT2D eigenvalue weighted by Gasteiger charge is 2.27. The second-order valence-electron chi connectivity index (χ2n) is 8.28. The Bertz CT molecular complexity index is 792. The molecule has 1 aliphatic rings. The number of imidazole rings is 1. The molecule has 2 N–H and O–H groups in total. The maximum absolute atomic E-state index is 4.76. The summed E-state index contributed by atoms with van der Waals surface area (Å²) < 4.78 is 1.97. The molecule has 3 heterocycles. The quantitative estimate of drug-likeness (QED) is 0.329. The fourth-order valence-electron chi connectivity index (χ4n) is 3.70. The molecule has 0 atom stereocenters. The number of hydrogen-bond donors (Lipinski definition) is 2. The van der Waals surface area contributed by atoms with E-state index in [9.17, 15) is 0 Å². The molecule has 1 saturated heterocycles. The maximum Gasteiger partial charge on any atom is 0.191 e. The number of guanidine groups is 1. The van der Waals surface area contributed by atoms with Gasteiger partial charge in [0.2, 0.25) is 0 Å². The standard InChI is InChI=1S/C22H35N7.HI/c1-5-23-21(27-17-22(3,4)28-12-7-6-8-13-28)26-16-19-9-10-20(25-15-19)29-14-11-24-18(29)2;/h9-11,14-15H,5-8,12-13,16-17H2,1-4H3,(H2,23,26,27);1H. The van der Waals surface area contributed by atoms with Gasteiger partial charge in [0, 0.05) is 37.2 Å². The average Bonchev–Trinajstić information content (AvgIpc) is 3.17. The summed E-state index contributed by atoms with van der Waals surface area (Å²) in [5, 5.41) is 6.89. The van der Waals surface area contributed by atoms with E-state index in [-0.39, 0.29) is 29.5 Å². The van der Waals surface area contributed by atoms with E-state index in [2.05, 4.69) is 52.3 Å². The summed E-state index contributed by atoms with van der Waals surface area (Å²) in [4.78, 5) is 16.2. The zero-order valence-electron chi connectivity index (χ0n) is 18.7. The molecule has 30 heavy (non-hydrogen) atoms. The Kier molecular flexibility index (Phi) is 9.54. The first-order valence-corrected chi connectivity index (χ1v) is 10.7. The first kappa shape index (κ1) is 24.6. The Morgan fingerprint density at radius 2 is 1.90 bits per heavy atom.